The maximum Gasteiger partial charge on any atom is 0.160 e. The molecule has 0 radical (unpaired) electrons. The molecule has 1 aliphatic rings. The molecule has 4 nitrogen and oxygen atoms in total. The highest BCUT2D eigenvalue weighted by Crippen LogP contribution is 2.47. The molecule has 4 N–H and O–H groups in total. The van der Waals surface area contributed by atoms with Crippen molar-refractivity contribution < 1.29 is 10.2 Å². The number of hydrogen-bond donors (Lipinski definition) is 4. The molecule has 1 aliphatic carbocycles. The van der Waals surface area contributed by atoms with Crippen molar-refractivity contribution >= 4 is 0 Å². The highest BCUT2D eigenvalue weighted by molar-refractivity contribution is 5.27. The molecule has 2 aromatic rings. The highest BCUT2D eigenvalue weighted by Gasteiger charge is 2.42. The van der Waals surface area contributed by atoms with Crippen LogP contribution in [0.3, 0.4) is 0 Å². The van der Waals surface area contributed by atoms with E-state index in [1.54, 1.807) is 12.1 Å². The summed E-state index contributed by atoms with van der Waals surface area (Å²) in [6.45, 7) is 1.54. The number of aromatic hydroxyl groups is 1. The molecule has 1 saturated carbocycles. The minimum absolute atomic E-state index is 0.249. The Balaban J connectivity index is 1.37. The van der Waals surface area contributed by atoms with Crippen molar-refractivity contribution in [3.8, 4) is 5.75 Å². The number of aliphatic hydroxyl groups is 1. The summed E-state index contributed by atoms with van der Waals surface area (Å²) in [5.74, 6) is 0.305. The number of phenolic OH excluding ortho intramolecular Hbond substituents is 1. The topological polar surface area (TPSA) is 64.5 Å². The summed E-state index contributed by atoms with van der Waals surface area (Å²) in [7, 11) is 0. The summed E-state index contributed by atoms with van der Waals surface area (Å²) in [4.78, 5) is 0. The lowest BCUT2D eigenvalue weighted by Gasteiger charge is -2.20. The molecule has 3 rings (SSSR count). The fraction of sp³-hybridized carbons (Fsp3) is 0.400. The van der Waals surface area contributed by atoms with Crippen LogP contribution < -0.4 is 10.6 Å². The molecule has 2 aromatic carbocycles. The lowest BCUT2D eigenvalue weighted by atomic mass is 9.96. The largest absolute Gasteiger partial charge is 0.508 e. The third-order valence-electron chi connectivity index (χ3n) is 4.74. The van der Waals surface area contributed by atoms with Gasteiger partial charge in [-0.1, -0.05) is 42.5 Å². The zero-order valence-electron chi connectivity index (χ0n) is 13.9. The van der Waals surface area contributed by atoms with E-state index in [-0.39, 0.29) is 5.41 Å². The van der Waals surface area contributed by atoms with Gasteiger partial charge < -0.3 is 10.2 Å². The van der Waals surface area contributed by atoms with Gasteiger partial charge in [0.05, 0.1) is 0 Å². The second-order valence-corrected chi connectivity index (χ2v) is 6.82. The normalized spacial score (nSPS) is 16.7. The lowest BCUT2D eigenvalue weighted by molar-refractivity contribution is 0.0953. The third kappa shape index (κ3) is 5.06. The molecule has 0 bridgehead atoms. The quantitative estimate of drug-likeness (QED) is 0.534. The first-order valence-corrected chi connectivity index (χ1v) is 8.62. The van der Waals surface area contributed by atoms with Crippen LogP contribution in [-0.2, 0) is 12.8 Å². The number of nitrogens with one attached hydrogen (secondary N) is 2. The minimum atomic E-state index is -0.675. The summed E-state index contributed by atoms with van der Waals surface area (Å²) in [6.07, 6.45) is 3.57. The Hall–Kier alpha value is -1.88. The molecule has 0 spiro atoms. The lowest BCUT2D eigenvalue weighted by Crippen LogP contribution is -2.45. The molecule has 4 heteroatoms. The maximum absolute atomic E-state index is 10.1. The van der Waals surface area contributed by atoms with Crippen molar-refractivity contribution in [3.63, 3.8) is 0 Å². The highest BCUT2D eigenvalue weighted by atomic mass is 16.3. The van der Waals surface area contributed by atoms with Crippen LogP contribution in [0.4, 0.5) is 0 Å². The Morgan fingerprint density at radius 3 is 2.29 bits per heavy atom. The Labute approximate surface area is 143 Å². The number of benzene rings is 2. The van der Waals surface area contributed by atoms with Crippen LogP contribution in [-0.4, -0.2) is 29.7 Å². The molecule has 1 fully saturated rings. The molecular formula is C20H26N2O2. The van der Waals surface area contributed by atoms with Gasteiger partial charge in [0, 0.05) is 13.1 Å². The Morgan fingerprint density at radius 2 is 1.62 bits per heavy atom. The molecule has 24 heavy (non-hydrogen) atoms. The standard InChI is InChI=1S/C20H26N2O2/c23-18-8-6-17(7-9-18)14-20(11-12-20)15-22-19(24)21-13-10-16-4-2-1-3-5-16/h1-9,19,21-24H,10-15H2. The van der Waals surface area contributed by atoms with Crippen molar-refractivity contribution in [2.24, 2.45) is 5.41 Å². The van der Waals surface area contributed by atoms with E-state index >= 15 is 0 Å². The van der Waals surface area contributed by atoms with Gasteiger partial charge in [-0.3, -0.25) is 10.6 Å². The first kappa shape index (κ1) is 17.0. The molecule has 0 aromatic heterocycles. The van der Waals surface area contributed by atoms with E-state index < -0.39 is 6.35 Å². The number of aliphatic hydroxyl groups excluding tert-OH is 1. The van der Waals surface area contributed by atoms with Gasteiger partial charge in [0.2, 0.25) is 0 Å². The summed E-state index contributed by atoms with van der Waals surface area (Å²) in [5, 5.41) is 25.7. The van der Waals surface area contributed by atoms with E-state index in [9.17, 15) is 10.2 Å². The number of rotatable bonds is 9. The monoisotopic (exact) mass is 326 g/mol. The summed E-state index contributed by atoms with van der Waals surface area (Å²) in [6, 6.07) is 17.7. The first-order chi connectivity index (χ1) is 11.7. The third-order valence-corrected chi connectivity index (χ3v) is 4.74. The van der Waals surface area contributed by atoms with Crippen LogP contribution in [0.1, 0.15) is 24.0 Å². The van der Waals surface area contributed by atoms with Crippen LogP contribution in [0, 0.1) is 5.41 Å². The molecule has 128 valence electrons. The van der Waals surface area contributed by atoms with Gasteiger partial charge in [0.15, 0.2) is 6.35 Å². The van der Waals surface area contributed by atoms with Gasteiger partial charge in [-0.25, -0.2) is 0 Å². The SMILES string of the molecule is Oc1ccc(CC2(CNC(O)NCCc3ccccc3)CC2)cc1. The van der Waals surface area contributed by atoms with Crippen LogP contribution in [0.2, 0.25) is 0 Å². The van der Waals surface area contributed by atoms with Crippen molar-refractivity contribution in [1.82, 2.24) is 10.6 Å². The predicted molar refractivity (Wildman–Crippen MR) is 95.6 cm³/mol. The van der Waals surface area contributed by atoms with E-state index in [1.165, 1.54) is 24.0 Å². The summed E-state index contributed by atoms with van der Waals surface area (Å²) in [5.41, 5.74) is 2.75. The molecule has 0 heterocycles. The second kappa shape index (κ2) is 7.79. The Morgan fingerprint density at radius 1 is 0.917 bits per heavy atom. The Bertz CT molecular complexity index is 624. The zero-order valence-corrected chi connectivity index (χ0v) is 13.9. The van der Waals surface area contributed by atoms with Crippen molar-refractivity contribution in [1.29, 1.82) is 0 Å². The average molecular weight is 326 g/mol. The van der Waals surface area contributed by atoms with Crippen LogP contribution in [0.5, 0.6) is 5.75 Å². The second-order valence-electron chi connectivity index (χ2n) is 6.82. The van der Waals surface area contributed by atoms with Gasteiger partial charge >= 0.3 is 0 Å². The van der Waals surface area contributed by atoms with Crippen LogP contribution in [0.25, 0.3) is 0 Å². The molecule has 0 aliphatic heterocycles. The van der Waals surface area contributed by atoms with E-state index in [0.717, 1.165) is 25.9 Å². The Kier molecular flexibility index (Phi) is 5.51. The maximum atomic E-state index is 10.1. The van der Waals surface area contributed by atoms with Crippen LogP contribution >= 0.6 is 0 Å². The molecule has 0 saturated heterocycles. The first-order valence-electron chi connectivity index (χ1n) is 8.62. The molecule has 1 unspecified atom stereocenters. The molecule has 1 atom stereocenters. The summed E-state index contributed by atoms with van der Waals surface area (Å²) < 4.78 is 0. The van der Waals surface area contributed by atoms with Crippen LogP contribution in [0.15, 0.2) is 54.6 Å². The smallest absolute Gasteiger partial charge is 0.160 e. The van der Waals surface area contributed by atoms with Gasteiger partial charge in [0.25, 0.3) is 0 Å². The van der Waals surface area contributed by atoms with Crippen molar-refractivity contribution in [2.75, 3.05) is 13.1 Å². The van der Waals surface area contributed by atoms with Crippen molar-refractivity contribution in [2.45, 2.75) is 32.0 Å². The van der Waals surface area contributed by atoms with Crippen molar-refractivity contribution in [3.05, 3.63) is 65.7 Å². The number of phenols is 1. The van der Waals surface area contributed by atoms with E-state index in [0.29, 0.717) is 5.75 Å². The van der Waals surface area contributed by atoms with Gasteiger partial charge in [-0.2, -0.15) is 0 Å². The minimum Gasteiger partial charge on any atom is -0.508 e. The zero-order chi connectivity index (χ0) is 16.8. The molecular weight excluding hydrogens is 300 g/mol. The fourth-order valence-electron chi connectivity index (χ4n) is 3.02. The average Bonchev–Trinajstić information content (AvgIpc) is 3.36. The number of hydrogen-bond acceptors (Lipinski definition) is 4. The van der Waals surface area contributed by atoms with E-state index in [2.05, 4.69) is 22.8 Å². The van der Waals surface area contributed by atoms with Gasteiger partial charge in [-0.15, -0.1) is 0 Å². The van der Waals surface area contributed by atoms with E-state index in [4.69, 9.17) is 0 Å². The van der Waals surface area contributed by atoms with Gasteiger partial charge in [0.1, 0.15) is 5.75 Å². The summed E-state index contributed by atoms with van der Waals surface area (Å²) >= 11 is 0. The predicted octanol–water partition coefficient (Wildman–Crippen LogP) is 2.41. The van der Waals surface area contributed by atoms with E-state index in [1.807, 2.05) is 30.3 Å². The molecule has 0 amide bonds. The van der Waals surface area contributed by atoms with Gasteiger partial charge in [-0.05, 0) is 54.4 Å². The fourth-order valence-corrected chi connectivity index (χ4v) is 3.02.